The van der Waals surface area contributed by atoms with Gasteiger partial charge < -0.3 is 10.1 Å². The average Bonchev–Trinajstić information content (AvgIpc) is 2.38. The molecule has 3 nitrogen and oxygen atoms in total. The molecule has 1 aromatic heterocycles. The van der Waals surface area contributed by atoms with Crippen molar-refractivity contribution in [2.75, 3.05) is 12.4 Å². The first-order chi connectivity index (χ1) is 9.42. The fraction of sp³-hybridized carbons (Fsp3) is 0.0833. The molecule has 0 atom stereocenters. The Balaban J connectivity index is 2.42. The van der Waals surface area contributed by atoms with Crippen LogP contribution in [0.2, 0.25) is 15.1 Å². The maximum atomic E-state index is 13.5. The second-order valence-electron chi connectivity index (χ2n) is 3.65. The standard InChI is InChI=1S/C12H7BrCl3FN2O/c1-18-11-7(15)3-8(16)12(19-11)20-10-4-9(17)6(14)2-5(10)13/h2-4H,1H3,(H,18,19). The molecular formula is C12H7BrCl3FN2O. The lowest BCUT2D eigenvalue weighted by atomic mass is 10.3. The highest BCUT2D eigenvalue weighted by Crippen LogP contribution is 2.37. The van der Waals surface area contributed by atoms with E-state index in [-0.39, 0.29) is 21.7 Å². The minimum Gasteiger partial charge on any atom is -0.436 e. The van der Waals surface area contributed by atoms with Crippen molar-refractivity contribution in [3.8, 4) is 11.6 Å². The van der Waals surface area contributed by atoms with E-state index < -0.39 is 5.82 Å². The molecule has 2 rings (SSSR count). The Labute approximate surface area is 138 Å². The third-order valence-corrected chi connectivity index (χ3v) is 3.78. The molecule has 0 saturated heterocycles. The predicted octanol–water partition coefficient (Wildman–Crippen LogP) is 5.78. The van der Waals surface area contributed by atoms with E-state index in [4.69, 9.17) is 39.5 Å². The molecule has 0 saturated carbocycles. The molecule has 0 aliphatic carbocycles. The summed E-state index contributed by atoms with van der Waals surface area (Å²) in [6, 6.07) is 4.00. The molecule has 0 unspecified atom stereocenters. The molecule has 20 heavy (non-hydrogen) atoms. The van der Waals surface area contributed by atoms with Crippen LogP contribution in [-0.2, 0) is 0 Å². The van der Waals surface area contributed by atoms with E-state index in [0.717, 1.165) is 6.07 Å². The summed E-state index contributed by atoms with van der Waals surface area (Å²) >= 11 is 20.8. The van der Waals surface area contributed by atoms with Gasteiger partial charge in [0.25, 0.3) is 0 Å². The van der Waals surface area contributed by atoms with Gasteiger partial charge in [0.15, 0.2) is 0 Å². The molecule has 1 aromatic carbocycles. The first-order valence-corrected chi connectivity index (χ1v) is 7.21. The summed E-state index contributed by atoms with van der Waals surface area (Å²) in [5.41, 5.74) is 0. The van der Waals surface area contributed by atoms with Crippen molar-refractivity contribution in [3.63, 3.8) is 0 Å². The van der Waals surface area contributed by atoms with Gasteiger partial charge in [0.2, 0.25) is 5.88 Å². The minimum atomic E-state index is -0.608. The topological polar surface area (TPSA) is 34.2 Å². The van der Waals surface area contributed by atoms with Gasteiger partial charge >= 0.3 is 0 Å². The van der Waals surface area contributed by atoms with Crippen LogP contribution in [-0.4, -0.2) is 12.0 Å². The number of nitrogens with zero attached hydrogens (tertiary/aromatic N) is 1. The Morgan fingerprint density at radius 2 is 1.85 bits per heavy atom. The maximum absolute atomic E-state index is 13.5. The number of pyridine rings is 1. The van der Waals surface area contributed by atoms with Crippen molar-refractivity contribution in [3.05, 3.63) is 43.6 Å². The molecule has 0 spiro atoms. The quantitative estimate of drug-likeness (QED) is 0.664. The van der Waals surface area contributed by atoms with E-state index in [2.05, 4.69) is 26.2 Å². The highest BCUT2D eigenvalue weighted by Gasteiger charge is 2.14. The Morgan fingerprint density at radius 3 is 2.50 bits per heavy atom. The van der Waals surface area contributed by atoms with Gasteiger partial charge in [-0.2, -0.15) is 4.98 Å². The van der Waals surface area contributed by atoms with Crippen molar-refractivity contribution in [1.29, 1.82) is 0 Å². The minimum absolute atomic E-state index is 0.0182. The zero-order valence-corrected chi connectivity index (χ0v) is 13.8. The van der Waals surface area contributed by atoms with Crippen LogP contribution in [0, 0.1) is 5.82 Å². The van der Waals surface area contributed by atoms with Crippen molar-refractivity contribution < 1.29 is 9.13 Å². The smallest absolute Gasteiger partial charge is 0.240 e. The van der Waals surface area contributed by atoms with Crippen LogP contribution in [0.25, 0.3) is 0 Å². The number of hydrogen-bond acceptors (Lipinski definition) is 3. The molecule has 0 amide bonds. The van der Waals surface area contributed by atoms with Gasteiger partial charge in [0.1, 0.15) is 22.4 Å². The average molecular weight is 400 g/mol. The summed E-state index contributed by atoms with van der Waals surface area (Å²) in [7, 11) is 1.66. The van der Waals surface area contributed by atoms with Crippen molar-refractivity contribution >= 4 is 56.6 Å². The van der Waals surface area contributed by atoms with E-state index >= 15 is 0 Å². The van der Waals surface area contributed by atoms with Crippen LogP contribution in [0.3, 0.4) is 0 Å². The molecule has 0 radical (unpaired) electrons. The second kappa shape index (κ2) is 6.35. The highest BCUT2D eigenvalue weighted by atomic mass is 79.9. The van der Waals surface area contributed by atoms with Crippen LogP contribution in [0.15, 0.2) is 22.7 Å². The van der Waals surface area contributed by atoms with Crippen molar-refractivity contribution in [2.24, 2.45) is 0 Å². The first-order valence-electron chi connectivity index (χ1n) is 5.28. The molecule has 2 aromatic rings. The number of rotatable bonds is 3. The molecule has 0 fully saturated rings. The van der Waals surface area contributed by atoms with Crippen molar-refractivity contribution in [1.82, 2.24) is 4.98 Å². The Kier molecular flexibility index (Phi) is 4.96. The molecule has 8 heteroatoms. The normalized spacial score (nSPS) is 10.5. The molecule has 106 valence electrons. The van der Waals surface area contributed by atoms with Gasteiger partial charge in [0, 0.05) is 13.1 Å². The van der Waals surface area contributed by atoms with E-state index in [0.29, 0.717) is 15.3 Å². The number of aromatic nitrogens is 1. The van der Waals surface area contributed by atoms with Gasteiger partial charge in [-0.05, 0) is 28.1 Å². The summed E-state index contributed by atoms with van der Waals surface area (Å²) in [5.74, 6) is 0.0916. The monoisotopic (exact) mass is 398 g/mol. The number of nitrogens with one attached hydrogen (secondary N) is 1. The maximum Gasteiger partial charge on any atom is 0.240 e. The third kappa shape index (κ3) is 3.28. The lowest BCUT2D eigenvalue weighted by Crippen LogP contribution is -1.97. The number of benzene rings is 1. The second-order valence-corrected chi connectivity index (χ2v) is 5.73. The lowest BCUT2D eigenvalue weighted by Gasteiger charge is -2.11. The summed E-state index contributed by atoms with van der Waals surface area (Å²) in [5, 5.41) is 3.33. The lowest BCUT2D eigenvalue weighted by molar-refractivity contribution is 0.456. The molecule has 0 aliphatic heterocycles. The fourth-order valence-corrected chi connectivity index (χ4v) is 2.59. The Morgan fingerprint density at radius 1 is 1.15 bits per heavy atom. The van der Waals surface area contributed by atoms with Crippen LogP contribution < -0.4 is 10.1 Å². The van der Waals surface area contributed by atoms with Gasteiger partial charge in [-0.15, -0.1) is 0 Å². The van der Waals surface area contributed by atoms with E-state index in [9.17, 15) is 4.39 Å². The van der Waals surface area contributed by atoms with E-state index in [1.807, 2.05) is 0 Å². The number of anilines is 1. The number of ether oxygens (including phenoxy) is 1. The molecule has 0 aliphatic rings. The zero-order valence-electron chi connectivity index (χ0n) is 9.98. The van der Waals surface area contributed by atoms with Crippen LogP contribution >= 0.6 is 50.7 Å². The van der Waals surface area contributed by atoms with Crippen LogP contribution in [0.4, 0.5) is 10.2 Å². The molecular weight excluding hydrogens is 393 g/mol. The van der Waals surface area contributed by atoms with Gasteiger partial charge in [-0.1, -0.05) is 34.8 Å². The highest BCUT2D eigenvalue weighted by molar-refractivity contribution is 9.10. The molecule has 0 bridgehead atoms. The van der Waals surface area contributed by atoms with Crippen molar-refractivity contribution in [2.45, 2.75) is 0 Å². The molecule has 1 heterocycles. The van der Waals surface area contributed by atoms with E-state index in [1.54, 1.807) is 7.05 Å². The van der Waals surface area contributed by atoms with Crippen LogP contribution in [0.1, 0.15) is 0 Å². The fourth-order valence-electron chi connectivity index (χ4n) is 1.38. The number of hydrogen-bond donors (Lipinski definition) is 1. The Hall–Kier alpha value is -0.750. The zero-order chi connectivity index (χ0) is 14.9. The van der Waals surface area contributed by atoms with Gasteiger partial charge in [0.05, 0.1) is 14.5 Å². The van der Waals surface area contributed by atoms with Gasteiger partial charge in [-0.3, -0.25) is 0 Å². The third-order valence-electron chi connectivity index (χ3n) is 2.32. The molecule has 1 N–H and O–H groups in total. The van der Waals surface area contributed by atoms with E-state index in [1.165, 1.54) is 12.1 Å². The summed E-state index contributed by atoms with van der Waals surface area (Å²) in [6.07, 6.45) is 0. The number of halogens is 5. The SMILES string of the molecule is CNc1nc(Oc2cc(F)c(Cl)cc2Br)c(Cl)cc1Cl. The largest absolute Gasteiger partial charge is 0.436 e. The summed E-state index contributed by atoms with van der Waals surface area (Å²) in [4.78, 5) is 4.11. The summed E-state index contributed by atoms with van der Waals surface area (Å²) < 4.78 is 19.4. The van der Waals surface area contributed by atoms with Gasteiger partial charge in [-0.25, -0.2) is 4.39 Å². The first kappa shape index (κ1) is 15.6. The predicted molar refractivity (Wildman–Crippen MR) is 83.0 cm³/mol. The van der Waals surface area contributed by atoms with Crippen LogP contribution in [0.5, 0.6) is 11.6 Å². The Bertz CT molecular complexity index is 670. The summed E-state index contributed by atoms with van der Waals surface area (Å²) in [6.45, 7) is 0.